The van der Waals surface area contributed by atoms with E-state index < -0.39 is 0 Å². The molecule has 0 bridgehead atoms. The van der Waals surface area contributed by atoms with Gasteiger partial charge in [0.25, 0.3) is 0 Å². The van der Waals surface area contributed by atoms with E-state index in [2.05, 4.69) is 11.1 Å². The third kappa shape index (κ3) is 2.52. The lowest BCUT2D eigenvalue weighted by atomic mass is 10.1. The quantitative estimate of drug-likeness (QED) is 0.868. The summed E-state index contributed by atoms with van der Waals surface area (Å²) >= 11 is 0. The van der Waals surface area contributed by atoms with Gasteiger partial charge in [-0.2, -0.15) is 5.26 Å². The second-order valence-electron chi connectivity index (χ2n) is 4.04. The number of hydrogen-bond acceptors (Lipinski definition) is 3. The first-order chi connectivity index (χ1) is 8.20. The van der Waals surface area contributed by atoms with E-state index in [1.165, 1.54) is 0 Å². The maximum atomic E-state index is 8.72. The lowest BCUT2D eigenvalue weighted by Crippen LogP contribution is -2.12. The Labute approximate surface area is 100 Å². The summed E-state index contributed by atoms with van der Waals surface area (Å²) < 4.78 is 2.02. The molecule has 17 heavy (non-hydrogen) atoms. The van der Waals surface area contributed by atoms with Crippen molar-refractivity contribution in [3.8, 4) is 6.07 Å². The van der Waals surface area contributed by atoms with Crippen LogP contribution in [0.1, 0.15) is 29.8 Å². The van der Waals surface area contributed by atoms with Crippen LogP contribution in [-0.2, 0) is 6.54 Å². The van der Waals surface area contributed by atoms with Crippen molar-refractivity contribution >= 4 is 0 Å². The van der Waals surface area contributed by atoms with Gasteiger partial charge in [0.1, 0.15) is 0 Å². The number of imidazole rings is 1. The van der Waals surface area contributed by atoms with Gasteiger partial charge in [-0.05, 0) is 24.6 Å². The van der Waals surface area contributed by atoms with E-state index in [1.54, 1.807) is 12.5 Å². The molecule has 2 rings (SSSR count). The van der Waals surface area contributed by atoms with Crippen molar-refractivity contribution in [1.82, 2.24) is 9.55 Å². The predicted molar refractivity (Wildman–Crippen MR) is 65.1 cm³/mol. The van der Waals surface area contributed by atoms with Gasteiger partial charge >= 0.3 is 0 Å². The molecule has 86 valence electrons. The molecular weight excluding hydrogens is 212 g/mol. The fourth-order valence-corrected chi connectivity index (χ4v) is 1.72. The SMILES string of the molecule is C[C@H](N)c1cncn1Cc1ccc(C#N)cc1. The average Bonchev–Trinajstić information content (AvgIpc) is 2.78. The van der Waals surface area contributed by atoms with Crippen molar-refractivity contribution in [2.45, 2.75) is 19.5 Å². The maximum absolute atomic E-state index is 8.72. The van der Waals surface area contributed by atoms with Crippen molar-refractivity contribution in [2.75, 3.05) is 0 Å². The molecule has 2 N–H and O–H groups in total. The lowest BCUT2D eigenvalue weighted by Gasteiger charge is -2.10. The Morgan fingerprint density at radius 2 is 2.12 bits per heavy atom. The summed E-state index contributed by atoms with van der Waals surface area (Å²) in [6, 6.07) is 9.60. The highest BCUT2D eigenvalue weighted by molar-refractivity contribution is 5.31. The summed E-state index contributed by atoms with van der Waals surface area (Å²) in [7, 11) is 0. The molecule has 0 spiro atoms. The van der Waals surface area contributed by atoms with E-state index in [-0.39, 0.29) is 6.04 Å². The number of benzene rings is 1. The molecule has 0 fully saturated rings. The molecule has 0 aliphatic rings. The molecule has 0 amide bonds. The minimum Gasteiger partial charge on any atom is -0.329 e. The fraction of sp³-hybridized carbons (Fsp3) is 0.231. The molecule has 0 aliphatic carbocycles. The standard InChI is InChI=1S/C13H14N4/c1-10(15)13-7-16-9-17(13)8-12-4-2-11(6-14)3-5-12/h2-5,7,9-10H,8,15H2,1H3/t10-/m0/s1. The van der Waals surface area contributed by atoms with E-state index in [0.29, 0.717) is 5.56 Å². The summed E-state index contributed by atoms with van der Waals surface area (Å²) in [6.45, 7) is 2.66. The van der Waals surface area contributed by atoms with Gasteiger partial charge in [0.05, 0.1) is 23.7 Å². The average molecular weight is 226 g/mol. The van der Waals surface area contributed by atoms with Crippen LogP contribution in [0.15, 0.2) is 36.8 Å². The molecule has 1 atom stereocenters. The molecule has 4 nitrogen and oxygen atoms in total. The van der Waals surface area contributed by atoms with E-state index in [0.717, 1.165) is 17.8 Å². The topological polar surface area (TPSA) is 67.6 Å². The van der Waals surface area contributed by atoms with Crippen molar-refractivity contribution < 1.29 is 0 Å². The zero-order valence-electron chi connectivity index (χ0n) is 9.67. The number of nitriles is 1. The molecule has 1 aromatic carbocycles. The highest BCUT2D eigenvalue weighted by atomic mass is 15.1. The first kappa shape index (κ1) is 11.4. The highest BCUT2D eigenvalue weighted by Gasteiger charge is 2.06. The second-order valence-corrected chi connectivity index (χ2v) is 4.04. The van der Waals surface area contributed by atoms with E-state index in [4.69, 9.17) is 11.0 Å². The third-order valence-electron chi connectivity index (χ3n) is 2.65. The van der Waals surface area contributed by atoms with E-state index >= 15 is 0 Å². The molecule has 4 heteroatoms. The van der Waals surface area contributed by atoms with Gasteiger partial charge in [-0.25, -0.2) is 4.98 Å². The molecule has 1 aromatic heterocycles. The monoisotopic (exact) mass is 226 g/mol. The Balaban J connectivity index is 2.20. The third-order valence-corrected chi connectivity index (χ3v) is 2.65. The fourth-order valence-electron chi connectivity index (χ4n) is 1.72. The minimum atomic E-state index is -0.0316. The van der Waals surface area contributed by atoms with Gasteiger partial charge in [-0.15, -0.1) is 0 Å². The van der Waals surface area contributed by atoms with Crippen LogP contribution in [0.25, 0.3) is 0 Å². The number of nitrogens with zero attached hydrogens (tertiary/aromatic N) is 3. The van der Waals surface area contributed by atoms with E-state index in [1.807, 2.05) is 35.8 Å². The van der Waals surface area contributed by atoms with Crippen LogP contribution >= 0.6 is 0 Å². The summed E-state index contributed by atoms with van der Waals surface area (Å²) in [5.74, 6) is 0. The van der Waals surface area contributed by atoms with Crippen LogP contribution in [-0.4, -0.2) is 9.55 Å². The smallest absolute Gasteiger partial charge is 0.0991 e. The van der Waals surface area contributed by atoms with Gasteiger partial charge in [0, 0.05) is 18.8 Å². The molecule has 0 unspecified atom stereocenters. The van der Waals surface area contributed by atoms with Crippen LogP contribution in [0.2, 0.25) is 0 Å². The maximum Gasteiger partial charge on any atom is 0.0991 e. The van der Waals surface area contributed by atoms with Gasteiger partial charge in [-0.1, -0.05) is 12.1 Å². The summed E-state index contributed by atoms with van der Waals surface area (Å²) in [4.78, 5) is 4.10. The predicted octanol–water partition coefficient (Wildman–Crippen LogP) is 1.82. The Morgan fingerprint density at radius 3 is 2.71 bits per heavy atom. The largest absolute Gasteiger partial charge is 0.329 e. The number of aromatic nitrogens is 2. The molecule has 0 radical (unpaired) electrons. The zero-order valence-corrected chi connectivity index (χ0v) is 9.67. The summed E-state index contributed by atoms with van der Waals surface area (Å²) in [5, 5.41) is 8.72. The van der Waals surface area contributed by atoms with Crippen LogP contribution < -0.4 is 5.73 Å². The normalized spacial score (nSPS) is 12.1. The van der Waals surface area contributed by atoms with Crippen LogP contribution in [0.3, 0.4) is 0 Å². The van der Waals surface area contributed by atoms with Crippen molar-refractivity contribution in [1.29, 1.82) is 5.26 Å². The first-order valence-electron chi connectivity index (χ1n) is 5.45. The minimum absolute atomic E-state index is 0.0316. The molecular formula is C13H14N4. The van der Waals surface area contributed by atoms with Crippen molar-refractivity contribution in [3.05, 3.63) is 53.6 Å². The Bertz CT molecular complexity index is 531. The van der Waals surface area contributed by atoms with Crippen LogP contribution in [0, 0.1) is 11.3 Å². The molecule has 0 aliphatic heterocycles. The first-order valence-corrected chi connectivity index (χ1v) is 5.45. The highest BCUT2D eigenvalue weighted by Crippen LogP contribution is 2.12. The molecule has 0 saturated carbocycles. The molecule has 1 heterocycles. The van der Waals surface area contributed by atoms with Crippen molar-refractivity contribution in [3.63, 3.8) is 0 Å². The summed E-state index contributed by atoms with van der Waals surface area (Å²) in [5.41, 5.74) is 8.66. The summed E-state index contributed by atoms with van der Waals surface area (Å²) in [6.07, 6.45) is 3.56. The molecule has 0 saturated heterocycles. The van der Waals surface area contributed by atoms with Gasteiger partial charge in [0.2, 0.25) is 0 Å². The van der Waals surface area contributed by atoms with Gasteiger partial charge in [0.15, 0.2) is 0 Å². The Morgan fingerprint density at radius 1 is 1.41 bits per heavy atom. The second kappa shape index (κ2) is 4.81. The van der Waals surface area contributed by atoms with Crippen molar-refractivity contribution in [2.24, 2.45) is 5.73 Å². The Kier molecular flexibility index (Phi) is 3.22. The number of nitrogens with two attached hydrogens (primary N) is 1. The Hall–Kier alpha value is -2.12. The zero-order chi connectivity index (χ0) is 12.3. The van der Waals surface area contributed by atoms with Crippen LogP contribution in [0.4, 0.5) is 0 Å². The van der Waals surface area contributed by atoms with E-state index in [9.17, 15) is 0 Å². The molecule has 2 aromatic rings. The lowest BCUT2D eigenvalue weighted by molar-refractivity contribution is 0.674. The van der Waals surface area contributed by atoms with Gasteiger partial charge in [-0.3, -0.25) is 0 Å². The van der Waals surface area contributed by atoms with Gasteiger partial charge < -0.3 is 10.3 Å². The number of hydrogen-bond donors (Lipinski definition) is 1. The number of rotatable bonds is 3. The van der Waals surface area contributed by atoms with Crippen LogP contribution in [0.5, 0.6) is 0 Å².